The van der Waals surface area contributed by atoms with Gasteiger partial charge in [-0.2, -0.15) is 0 Å². The second-order valence-corrected chi connectivity index (χ2v) is 3.00. The summed E-state index contributed by atoms with van der Waals surface area (Å²) in [5.41, 5.74) is 5.54. The minimum Gasteiger partial charge on any atom is -0.480 e. The average molecular weight is 184 g/mol. The zero-order valence-electron chi connectivity index (χ0n) is 7.06. The molecule has 0 radical (unpaired) electrons. The summed E-state index contributed by atoms with van der Waals surface area (Å²) < 4.78 is 0. The zero-order valence-corrected chi connectivity index (χ0v) is 7.06. The molecule has 0 fully saturated rings. The van der Waals surface area contributed by atoms with E-state index >= 15 is 0 Å². The molecular weight excluding hydrogens is 172 g/mol. The molecule has 1 amide bonds. The van der Waals surface area contributed by atoms with E-state index < -0.39 is 5.97 Å². The van der Waals surface area contributed by atoms with Crippen molar-refractivity contribution in [3.8, 4) is 0 Å². The molecule has 0 aromatic heterocycles. The summed E-state index contributed by atoms with van der Waals surface area (Å²) in [5, 5.41) is 10.6. The predicted octanol–water partition coefficient (Wildman–Crippen LogP) is -0.909. The first-order chi connectivity index (χ1) is 6.09. The van der Waals surface area contributed by atoms with Crippen molar-refractivity contribution in [3.05, 3.63) is 12.2 Å². The van der Waals surface area contributed by atoms with E-state index in [1.807, 2.05) is 0 Å². The van der Waals surface area contributed by atoms with E-state index in [0.717, 1.165) is 0 Å². The number of carboxylic acid groups (broad SMARTS) is 1. The molecule has 72 valence electrons. The molecule has 1 rings (SSSR count). The molecule has 0 bridgehead atoms. The van der Waals surface area contributed by atoms with Crippen LogP contribution in [0.3, 0.4) is 0 Å². The SMILES string of the molecule is NC1C=CC(C(=O)NCC(=O)O)C1. The van der Waals surface area contributed by atoms with E-state index in [0.29, 0.717) is 6.42 Å². The summed E-state index contributed by atoms with van der Waals surface area (Å²) in [5.74, 6) is -1.58. The van der Waals surface area contributed by atoms with Crippen LogP contribution in [0.4, 0.5) is 0 Å². The maximum atomic E-state index is 11.2. The van der Waals surface area contributed by atoms with Gasteiger partial charge in [0.05, 0.1) is 5.92 Å². The minimum atomic E-state index is -1.04. The summed E-state index contributed by atoms with van der Waals surface area (Å²) in [4.78, 5) is 21.3. The van der Waals surface area contributed by atoms with E-state index in [1.165, 1.54) is 0 Å². The van der Waals surface area contributed by atoms with Gasteiger partial charge in [-0.25, -0.2) is 0 Å². The van der Waals surface area contributed by atoms with E-state index in [2.05, 4.69) is 5.32 Å². The minimum absolute atomic E-state index is 0.0828. The fraction of sp³-hybridized carbons (Fsp3) is 0.500. The van der Waals surface area contributed by atoms with Gasteiger partial charge in [0.1, 0.15) is 6.54 Å². The van der Waals surface area contributed by atoms with E-state index in [9.17, 15) is 9.59 Å². The number of carbonyl (C=O) groups excluding carboxylic acids is 1. The van der Waals surface area contributed by atoms with Crippen LogP contribution in [0, 0.1) is 5.92 Å². The van der Waals surface area contributed by atoms with Gasteiger partial charge < -0.3 is 16.2 Å². The molecular formula is C8H12N2O3. The van der Waals surface area contributed by atoms with Crippen LogP contribution in [0.1, 0.15) is 6.42 Å². The summed E-state index contributed by atoms with van der Waals surface area (Å²) in [6.07, 6.45) is 4.03. The molecule has 5 heteroatoms. The lowest BCUT2D eigenvalue weighted by atomic mass is 10.1. The van der Waals surface area contributed by atoms with Crippen LogP contribution < -0.4 is 11.1 Å². The number of aliphatic carboxylic acids is 1. The Morgan fingerprint density at radius 2 is 2.23 bits per heavy atom. The molecule has 2 unspecified atom stereocenters. The lowest BCUT2D eigenvalue weighted by Gasteiger charge is -2.08. The monoisotopic (exact) mass is 184 g/mol. The third kappa shape index (κ3) is 2.87. The van der Waals surface area contributed by atoms with E-state index in [1.54, 1.807) is 12.2 Å². The Morgan fingerprint density at radius 1 is 1.54 bits per heavy atom. The Labute approximate surface area is 75.6 Å². The Morgan fingerprint density at radius 3 is 2.69 bits per heavy atom. The molecule has 1 aliphatic carbocycles. The highest BCUT2D eigenvalue weighted by atomic mass is 16.4. The van der Waals surface area contributed by atoms with Crippen LogP contribution in [0.15, 0.2) is 12.2 Å². The molecule has 0 saturated carbocycles. The number of hydrogen-bond donors (Lipinski definition) is 3. The molecule has 1 aliphatic rings. The Hall–Kier alpha value is -1.36. The second-order valence-electron chi connectivity index (χ2n) is 3.00. The number of carboxylic acids is 1. The fourth-order valence-electron chi connectivity index (χ4n) is 1.22. The first-order valence-electron chi connectivity index (χ1n) is 4.03. The quantitative estimate of drug-likeness (QED) is 0.495. The van der Waals surface area contributed by atoms with Crippen molar-refractivity contribution >= 4 is 11.9 Å². The van der Waals surface area contributed by atoms with Crippen LogP contribution in [-0.2, 0) is 9.59 Å². The molecule has 0 saturated heterocycles. The zero-order chi connectivity index (χ0) is 9.84. The van der Waals surface area contributed by atoms with Crippen LogP contribution in [0.25, 0.3) is 0 Å². The fourth-order valence-corrected chi connectivity index (χ4v) is 1.22. The number of rotatable bonds is 3. The van der Waals surface area contributed by atoms with Gasteiger partial charge in [0.15, 0.2) is 0 Å². The second kappa shape index (κ2) is 4.04. The number of amides is 1. The first-order valence-corrected chi connectivity index (χ1v) is 4.03. The third-order valence-electron chi connectivity index (χ3n) is 1.87. The first kappa shape index (κ1) is 9.73. The van der Waals surface area contributed by atoms with E-state index in [-0.39, 0.29) is 24.4 Å². The lowest BCUT2D eigenvalue weighted by molar-refractivity contribution is -0.138. The third-order valence-corrected chi connectivity index (χ3v) is 1.87. The predicted molar refractivity (Wildman–Crippen MR) is 45.9 cm³/mol. The van der Waals surface area contributed by atoms with Crippen molar-refractivity contribution in [3.63, 3.8) is 0 Å². The number of nitrogens with two attached hydrogens (primary N) is 1. The molecule has 0 aromatic rings. The van der Waals surface area contributed by atoms with Crippen molar-refractivity contribution in [1.29, 1.82) is 0 Å². The molecule has 4 N–H and O–H groups in total. The molecule has 0 aliphatic heterocycles. The highest BCUT2D eigenvalue weighted by Gasteiger charge is 2.22. The maximum Gasteiger partial charge on any atom is 0.322 e. The van der Waals surface area contributed by atoms with Crippen molar-refractivity contribution in [2.24, 2.45) is 11.7 Å². The van der Waals surface area contributed by atoms with Gasteiger partial charge in [-0.15, -0.1) is 0 Å². The summed E-state index contributed by atoms with van der Waals surface area (Å²) in [6, 6.07) is -0.0828. The topological polar surface area (TPSA) is 92.4 Å². The number of carbonyl (C=O) groups is 2. The Bertz CT molecular complexity index is 250. The van der Waals surface area contributed by atoms with Crippen LogP contribution in [0.5, 0.6) is 0 Å². The van der Waals surface area contributed by atoms with Gasteiger partial charge >= 0.3 is 5.97 Å². The maximum absolute atomic E-state index is 11.2. The van der Waals surface area contributed by atoms with Crippen molar-refractivity contribution in [1.82, 2.24) is 5.32 Å². The largest absolute Gasteiger partial charge is 0.480 e. The van der Waals surface area contributed by atoms with Gasteiger partial charge in [-0.1, -0.05) is 12.2 Å². The molecule has 5 nitrogen and oxygen atoms in total. The summed E-state index contributed by atoms with van der Waals surface area (Å²) in [7, 11) is 0. The van der Waals surface area contributed by atoms with Gasteiger partial charge in [0, 0.05) is 6.04 Å². The Balaban J connectivity index is 2.33. The van der Waals surface area contributed by atoms with Gasteiger partial charge in [-0.05, 0) is 6.42 Å². The highest BCUT2D eigenvalue weighted by Crippen LogP contribution is 2.15. The molecule has 0 heterocycles. The number of nitrogens with one attached hydrogen (secondary N) is 1. The van der Waals surface area contributed by atoms with Crippen LogP contribution >= 0.6 is 0 Å². The average Bonchev–Trinajstić information content (AvgIpc) is 2.47. The highest BCUT2D eigenvalue weighted by molar-refractivity contribution is 5.84. The smallest absolute Gasteiger partial charge is 0.322 e. The molecule has 2 atom stereocenters. The van der Waals surface area contributed by atoms with Gasteiger partial charge in [0.25, 0.3) is 0 Å². The van der Waals surface area contributed by atoms with Crippen molar-refractivity contribution < 1.29 is 14.7 Å². The lowest BCUT2D eigenvalue weighted by Crippen LogP contribution is -2.34. The Kier molecular flexibility index (Phi) is 3.02. The van der Waals surface area contributed by atoms with Crippen molar-refractivity contribution in [2.45, 2.75) is 12.5 Å². The normalized spacial score (nSPS) is 25.9. The van der Waals surface area contributed by atoms with Crippen LogP contribution in [0.2, 0.25) is 0 Å². The standard InChI is InChI=1S/C8H12N2O3/c9-6-2-1-5(3-6)8(13)10-4-7(11)12/h1-2,5-6H,3-4,9H2,(H,10,13)(H,11,12). The van der Waals surface area contributed by atoms with Crippen molar-refractivity contribution in [2.75, 3.05) is 6.54 Å². The number of hydrogen-bond acceptors (Lipinski definition) is 3. The summed E-state index contributed by atoms with van der Waals surface area (Å²) in [6.45, 7) is -0.335. The molecule has 13 heavy (non-hydrogen) atoms. The summed E-state index contributed by atoms with van der Waals surface area (Å²) >= 11 is 0. The molecule has 0 spiro atoms. The van der Waals surface area contributed by atoms with Gasteiger partial charge in [0.2, 0.25) is 5.91 Å². The van der Waals surface area contributed by atoms with Gasteiger partial charge in [-0.3, -0.25) is 9.59 Å². The van der Waals surface area contributed by atoms with Crippen LogP contribution in [-0.4, -0.2) is 29.6 Å². The molecule has 0 aromatic carbocycles. The van der Waals surface area contributed by atoms with E-state index in [4.69, 9.17) is 10.8 Å².